The number of hydrogen-bond acceptors (Lipinski definition) is 10. The Bertz CT molecular complexity index is 1510. The Hall–Kier alpha value is -3.97. The Kier molecular flexibility index (Phi) is 10.9. The van der Waals surface area contributed by atoms with E-state index in [0.29, 0.717) is 58.5 Å². The fourth-order valence-corrected chi connectivity index (χ4v) is 5.69. The molecule has 4 rings (SSSR count). The summed E-state index contributed by atoms with van der Waals surface area (Å²) in [5, 5.41) is 9.89. The summed E-state index contributed by atoms with van der Waals surface area (Å²) in [6.45, 7) is 15.3. The third kappa shape index (κ3) is 9.51. The minimum absolute atomic E-state index is 0.0149. The summed E-state index contributed by atoms with van der Waals surface area (Å²) < 4.78 is 5.38. The largest absolute Gasteiger partial charge is 0.444 e. The lowest BCUT2D eigenvalue weighted by Gasteiger charge is -2.36. The molecule has 1 saturated heterocycles. The minimum atomic E-state index is -0.614. The van der Waals surface area contributed by atoms with Crippen molar-refractivity contribution in [1.82, 2.24) is 25.2 Å². The van der Waals surface area contributed by atoms with Crippen LogP contribution in [0.3, 0.4) is 0 Å². The third-order valence-corrected chi connectivity index (χ3v) is 8.33. The van der Waals surface area contributed by atoms with Gasteiger partial charge < -0.3 is 30.5 Å². The summed E-state index contributed by atoms with van der Waals surface area (Å²) in [6, 6.07) is 6.93. The Morgan fingerprint density at radius 1 is 1.09 bits per heavy atom. The predicted molar refractivity (Wildman–Crippen MR) is 178 cm³/mol. The van der Waals surface area contributed by atoms with E-state index in [0.717, 1.165) is 11.4 Å². The first-order valence-electron chi connectivity index (χ1n) is 14.9. The Labute approximate surface area is 272 Å². The fourth-order valence-electron chi connectivity index (χ4n) is 4.70. The maximum absolute atomic E-state index is 13.2. The van der Waals surface area contributed by atoms with E-state index in [1.165, 1.54) is 17.5 Å². The van der Waals surface area contributed by atoms with Crippen molar-refractivity contribution in [3.8, 4) is 0 Å². The van der Waals surface area contributed by atoms with E-state index in [1.54, 1.807) is 26.8 Å². The van der Waals surface area contributed by atoms with Gasteiger partial charge >= 0.3 is 6.09 Å². The number of nitrogens with zero attached hydrogens (tertiary/aromatic N) is 5. The van der Waals surface area contributed by atoms with Crippen molar-refractivity contribution < 1.29 is 19.1 Å². The molecule has 1 unspecified atom stereocenters. The summed E-state index contributed by atoms with van der Waals surface area (Å²) in [5.41, 5.74) is 0.822. The van der Waals surface area contributed by atoms with Crippen LogP contribution in [0.25, 0.3) is 0 Å². The van der Waals surface area contributed by atoms with Crippen molar-refractivity contribution in [3.05, 3.63) is 51.7 Å². The molecule has 0 saturated carbocycles. The number of ether oxygens (including phenoxy) is 1. The molecule has 2 aromatic heterocycles. The highest BCUT2D eigenvalue weighted by Crippen LogP contribution is 2.28. The molecule has 45 heavy (non-hydrogen) atoms. The van der Waals surface area contributed by atoms with Crippen LogP contribution in [0.4, 0.5) is 27.2 Å². The highest BCUT2D eigenvalue weighted by Gasteiger charge is 2.28. The van der Waals surface area contributed by atoms with Gasteiger partial charge in [-0.2, -0.15) is 0 Å². The zero-order valence-corrected chi connectivity index (χ0v) is 28.3. The molecule has 1 aromatic carbocycles. The molecular formula is C31H41ClN8O4S. The molecule has 0 radical (unpaired) electrons. The van der Waals surface area contributed by atoms with Crippen LogP contribution < -0.4 is 20.9 Å². The van der Waals surface area contributed by atoms with Gasteiger partial charge in [0.1, 0.15) is 27.9 Å². The topological polar surface area (TPSA) is 142 Å². The summed E-state index contributed by atoms with van der Waals surface area (Å²) >= 11 is 7.46. The SMILES string of the molecule is Cc1nc(Nc2ncc(C(=O)Nc3c(C)cccc3Cl)s2)cc(N2CCN(C(=O)CC(NC(=O)OC(C)(C)C)C(C)C)CC2)n1. The average Bonchev–Trinajstić information content (AvgIpc) is 3.42. The first-order valence-corrected chi connectivity index (χ1v) is 16.0. The standard InChI is InChI=1S/C31H41ClN8O4S/c1-18(2)22(36-30(43)44-31(5,6)7)15-26(41)40-13-11-39(12-14-40)25-16-24(34-20(4)35-25)37-29-33-17-23(45-29)28(42)38-27-19(3)9-8-10-21(27)32/h8-10,16-18,22H,11-15H2,1-7H3,(H,36,43)(H,38,42)(H,33,34,35,37). The average molecular weight is 657 g/mol. The zero-order valence-electron chi connectivity index (χ0n) is 26.7. The second-order valence-electron chi connectivity index (χ2n) is 12.3. The number of alkyl carbamates (subject to hydrolysis) is 1. The maximum Gasteiger partial charge on any atom is 0.407 e. The van der Waals surface area contributed by atoms with Crippen LogP contribution in [0.2, 0.25) is 5.02 Å². The van der Waals surface area contributed by atoms with Gasteiger partial charge in [-0.25, -0.2) is 19.7 Å². The molecule has 3 aromatic rings. The van der Waals surface area contributed by atoms with Crippen LogP contribution in [0.15, 0.2) is 30.5 Å². The van der Waals surface area contributed by atoms with Crippen molar-refractivity contribution >= 4 is 63.3 Å². The van der Waals surface area contributed by atoms with E-state index in [-0.39, 0.29) is 30.2 Å². The van der Waals surface area contributed by atoms with Gasteiger partial charge in [-0.3, -0.25) is 9.59 Å². The first-order chi connectivity index (χ1) is 21.2. The highest BCUT2D eigenvalue weighted by molar-refractivity contribution is 7.17. The molecule has 1 atom stereocenters. The summed E-state index contributed by atoms with van der Waals surface area (Å²) in [4.78, 5) is 56.1. The van der Waals surface area contributed by atoms with Gasteiger partial charge in [0.05, 0.1) is 16.9 Å². The van der Waals surface area contributed by atoms with E-state index in [2.05, 4.69) is 35.8 Å². The van der Waals surface area contributed by atoms with Crippen LogP contribution in [-0.4, -0.2) is 75.6 Å². The number of thiazole rings is 1. The highest BCUT2D eigenvalue weighted by atomic mass is 35.5. The number of piperazine rings is 1. The Morgan fingerprint density at radius 3 is 2.44 bits per heavy atom. The van der Waals surface area contributed by atoms with Gasteiger partial charge in [-0.05, 0) is 52.2 Å². The lowest BCUT2D eigenvalue weighted by molar-refractivity contribution is -0.132. The number of aromatic nitrogens is 3. The van der Waals surface area contributed by atoms with Crippen molar-refractivity contribution in [1.29, 1.82) is 0 Å². The number of carbonyl (C=O) groups is 3. The Morgan fingerprint density at radius 2 is 1.80 bits per heavy atom. The number of para-hydroxylation sites is 1. The van der Waals surface area contributed by atoms with E-state index in [4.69, 9.17) is 16.3 Å². The van der Waals surface area contributed by atoms with E-state index >= 15 is 0 Å². The summed E-state index contributed by atoms with van der Waals surface area (Å²) in [6.07, 6.45) is 1.18. The van der Waals surface area contributed by atoms with Crippen LogP contribution in [0.1, 0.15) is 62.1 Å². The van der Waals surface area contributed by atoms with E-state index < -0.39 is 11.7 Å². The lowest BCUT2D eigenvalue weighted by atomic mass is 10.00. The molecule has 3 amide bonds. The molecule has 1 aliphatic heterocycles. The smallest absolute Gasteiger partial charge is 0.407 e. The number of carbonyl (C=O) groups excluding carboxylic acids is 3. The zero-order chi connectivity index (χ0) is 32.9. The summed E-state index contributed by atoms with van der Waals surface area (Å²) in [7, 11) is 0. The number of nitrogens with one attached hydrogen (secondary N) is 3. The molecule has 3 N–H and O–H groups in total. The first kappa shape index (κ1) is 33.9. The molecule has 242 valence electrons. The van der Waals surface area contributed by atoms with E-state index in [1.807, 2.05) is 50.8 Å². The second kappa shape index (κ2) is 14.4. The molecule has 0 spiro atoms. The molecule has 1 aliphatic rings. The molecule has 1 fully saturated rings. The van der Waals surface area contributed by atoms with Gasteiger partial charge in [-0.1, -0.05) is 48.9 Å². The number of aryl methyl sites for hydroxylation is 2. The van der Waals surface area contributed by atoms with Crippen LogP contribution in [0.5, 0.6) is 0 Å². The number of benzene rings is 1. The van der Waals surface area contributed by atoms with Crippen LogP contribution in [-0.2, 0) is 9.53 Å². The van der Waals surface area contributed by atoms with Crippen molar-refractivity contribution in [2.24, 2.45) is 5.92 Å². The molecule has 14 heteroatoms. The normalized spacial score (nSPS) is 14.2. The van der Waals surface area contributed by atoms with Gasteiger partial charge in [0.25, 0.3) is 5.91 Å². The van der Waals surface area contributed by atoms with Gasteiger partial charge in [0, 0.05) is 44.7 Å². The molecule has 0 aliphatic carbocycles. The molecular weight excluding hydrogens is 616 g/mol. The number of halogens is 1. The number of anilines is 4. The third-order valence-electron chi connectivity index (χ3n) is 7.11. The predicted octanol–water partition coefficient (Wildman–Crippen LogP) is 5.79. The molecule has 0 bridgehead atoms. The number of hydrogen-bond donors (Lipinski definition) is 3. The minimum Gasteiger partial charge on any atom is -0.444 e. The van der Waals surface area contributed by atoms with Crippen molar-refractivity contribution in [3.63, 3.8) is 0 Å². The summed E-state index contributed by atoms with van der Waals surface area (Å²) in [5.74, 6) is 1.60. The number of amides is 3. The van der Waals surface area contributed by atoms with Crippen molar-refractivity contribution in [2.75, 3.05) is 41.7 Å². The van der Waals surface area contributed by atoms with Crippen LogP contribution in [0, 0.1) is 19.8 Å². The second-order valence-corrected chi connectivity index (χ2v) is 13.7. The van der Waals surface area contributed by atoms with Gasteiger partial charge in [-0.15, -0.1) is 0 Å². The number of rotatable bonds is 9. The van der Waals surface area contributed by atoms with Gasteiger partial charge in [0.15, 0.2) is 5.13 Å². The van der Waals surface area contributed by atoms with Crippen LogP contribution >= 0.6 is 22.9 Å². The molecule has 3 heterocycles. The monoisotopic (exact) mass is 656 g/mol. The Balaban J connectivity index is 1.34. The fraction of sp³-hybridized carbons (Fsp3) is 0.484. The van der Waals surface area contributed by atoms with Gasteiger partial charge in [0.2, 0.25) is 5.91 Å². The maximum atomic E-state index is 13.2. The lowest BCUT2D eigenvalue weighted by Crippen LogP contribution is -2.51. The quantitative estimate of drug-likeness (QED) is 0.261. The van der Waals surface area contributed by atoms with E-state index in [9.17, 15) is 14.4 Å². The molecule has 12 nitrogen and oxygen atoms in total. The van der Waals surface area contributed by atoms with Crippen molar-refractivity contribution in [2.45, 2.75) is 66.5 Å².